The topological polar surface area (TPSA) is 68.0 Å². The molecule has 0 spiro atoms. The third-order valence-corrected chi connectivity index (χ3v) is 3.81. The van der Waals surface area contributed by atoms with Crippen molar-refractivity contribution in [2.24, 2.45) is 0 Å². The van der Waals surface area contributed by atoms with Crippen LogP contribution >= 0.6 is 11.3 Å². The number of thiazole rings is 1. The molecular weight excluding hydrogens is 286 g/mol. The molecule has 0 aliphatic heterocycles. The predicted octanol–water partition coefficient (Wildman–Crippen LogP) is 3.04. The summed E-state index contributed by atoms with van der Waals surface area (Å²) in [6.07, 6.45) is 1.76. The molecule has 2 heterocycles. The van der Waals surface area contributed by atoms with E-state index in [-0.39, 0.29) is 11.7 Å². The quantitative estimate of drug-likeness (QED) is 0.804. The number of rotatable bonds is 4. The minimum atomic E-state index is -0.282. The molecule has 0 unspecified atom stereocenters. The van der Waals surface area contributed by atoms with Crippen LogP contribution in [0.15, 0.2) is 47.1 Å². The molecule has 0 saturated heterocycles. The van der Waals surface area contributed by atoms with E-state index in [4.69, 9.17) is 4.52 Å². The number of amides is 1. The fourth-order valence-corrected chi connectivity index (χ4v) is 2.60. The fraction of sp³-hybridized carbons (Fsp3) is 0.133. The Morgan fingerprint density at radius 3 is 2.86 bits per heavy atom. The van der Waals surface area contributed by atoms with Crippen LogP contribution in [0.5, 0.6) is 0 Å². The Hall–Kier alpha value is -2.47. The van der Waals surface area contributed by atoms with Crippen molar-refractivity contribution in [3.63, 3.8) is 0 Å². The molecule has 3 rings (SSSR count). The number of benzene rings is 1. The first-order valence-electron chi connectivity index (χ1n) is 6.44. The van der Waals surface area contributed by atoms with Gasteiger partial charge in [-0.25, -0.2) is 4.98 Å². The van der Waals surface area contributed by atoms with Crippen molar-refractivity contribution in [2.45, 2.75) is 13.5 Å². The first kappa shape index (κ1) is 13.5. The summed E-state index contributed by atoms with van der Waals surface area (Å²) < 4.78 is 5.10. The van der Waals surface area contributed by atoms with E-state index in [0.717, 1.165) is 15.4 Å². The third-order valence-electron chi connectivity index (χ3n) is 2.90. The number of nitrogens with one attached hydrogen (secondary N) is 1. The zero-order valence-corrected chi connectivity index (χ0v) is 12.2. The molecule has 2 aromatic heterocycles. The SMILES string of the molecule is Cc1ncc(CNC(=O)c2cc(-c3ccccc3)no2)s1. The van der Waals surface area contributed by atoms with E-state index < -0.39 is 0 Å². The molecule has 106 valence electrons. The van der Waals surface area contributed by atoms with Gasteiger partial charge in [0.1, 0.15) is 5.69 Å². The van der Waals surface area contributed by atoms with Gasteiger partial charge in [0.2, 0.25) is 5.76 Å². The van der Waals surface area contributed by atoms with Crippen LogP contribution in [0.3, 0.4) is 0 Å². The normalized spacial score (nSPS) is 10.5. The number of hydrogen-bond donors (Lipinski definition) is 1. The lowest BCUT2D eigenvalue weighted by Gasteiger charge is -1.98. The number of aromatic nitrogens is 2. The highest BCUT2D eigenvalue weighted by atomic mass is 32.1. The average molecular weight is 299 g/mol. The summed E-state index contributed by atoms with van der Waals surface area (Å²) in [5, 5.41) is 7.69. The molecular formula is C15H13N3O2S. The maximum atomic E-state index is 12.0. The average Bonchev–Trinajstić information content (AvgIpc) is 3.15. The predicted molar refractivity (Wildman–Crippen MR) is 80.0 cm³/mol. The molecule has 0 saturated carbocycles. The van der Waals surface area contributed by atoms with E-state index in [1.807, 2.05) is 37.3 Å². The Kier molecular flexibility index (Phi) is 3.79. The van der Waals surface area contributed by atoms with Crippen molar-refractivity contribution in [3.8, 4) is 11.3 Å². The Morgan fingerprint density at radius 2 is 2.14 bits per heavy atom. The molecule has 21 heavy (non-hydrogen) atoms. The van der Waals surface area contributed by atoms with Crippen LogP contribution in [0, 0.1) is 6.92 Å². The summed E-state index contributed by atoms with van der Waals surface area (Å²) in [5.41, 5.74) is 1.56. The van der Waals surface area contributed by atoms with Crippen LogP contribution in [0.4, 0.5) is 0 Å². The van der Waals surface area contributed by atoms with Gasteiger partial charge in [-0.3, -0.25) is 4.79 Å². The van der Waals surface area contributed by atoms with Gasteiger partial charge in [0.25, 0.3) is 5.91 Å². The van der Waals surface area contributed by atoms with Crippen molar-refractivity contribution < 1.29 is 9.32 Å². The van der Waals surface area contributed by atoms with E-state index >= 15 is 0 Å². The highest BCUT2D eigenvalue weighted by Crippen LogP contribution is 2.18. The standard InChI is InChI=1S/C15H13N3O2S/c1-10-16-8-12(21-10)9-17-15(19)14-7-13(18-20-14)11-5-3-2-4-6-11/h2-8H,9H2,1H3,(H,17,19). The number of aryl methyl sites for hydroxylation is 1. The highest BCUT2D eigenvalue weighted by molar-refractivity contribution is 7.11. The van der Waals surface area contributed by atoms with Crippen molar-refractivity contribution in [2.75, 3.05) is 0 Å². The zero-order valence-electron chi connectivity index (χ0n) is 11.4. The molecule has 1 N–H and O–H groups in total. The number of nitrogens with zero attached hydrogens (tertiary/aromatic N) is 2. The van der Waals surface area contributed by atoms with Crippen LogP contribution in [0.2, 0.25) is 0 Å². The second-order valence-corrected chi connectivity index (χ2v) is 5.79. The van der Waals surface area contributed by atoms with E-state index in [9.17, 15) is 4.79 Å². The van der Waals surface area contributed by atoms with Crippen LogP contribution in [-0.2, 0) is 6.54 Å². The number of carbonyl (C=O) groups excluding carboxylic acids is 1. The molecule has 0 atom stereocenters. The molecule has 0 radical (unpaired) electrons. The summed E-state index contributed by atoms with van der Waals surface area (Å²) in [4.78, 5) is 17.2. The molecule has 6 heteroatoms. The first-order chi connectivity index (χ1) is 10.2. The van der Waals surface area contributed by atoms with Crippen molar-refractivity contribution in [3.05, 3.63) is 58.2 Å². The zero-order chi connectivity index (χ0) is 14.7. The molecule has 5 nitrogen and oxygen atoms in total. The maximum absolute atomic E-state index is 12.0. The van der Waals surface area contributed by atoms with Gasteiger partial charge in [0.15, 0.2) is 0 Å². The van der Waals surface area contributed by atoms with Gasteiger partial charge in [-0.15, -0.1) is 11.3 Å². The molecule has 3 aromatic rings. The second-order valence-electron chi connectivity index (χ2n) is 4.47. The molecule has 1 amide bonds. The van der Waals surface area contributed by atoms with Crippen molar-refractivity contribution >= 4 is 17.2 Å². The van der Waals surface area contributed by atoms with Gasteiger partial charge in [0, 0.05) is 22.7 Å². The number of carbonyl (C=O) groups is 1. The van der Waals surface area contributed by atoms with Crippen LogP contribution in [-0.4, -0.2) is 16.0 Å². The van der Waals surface area contributed by atoms with Gasteiger partial charge >= 0.3 is 0 Å². The van der Waals surface area contributed by atoms with E-state index in [1.165, 1.54) is 0 Å². The van der Waals surface area contributed by atoms with Crippen LogP contribution in [0.1, 0.15) is 20.4 Å². The Morgan fingerprint density at radius 1 is 1.33 bits per heavy atom. The Labute approximate surface area is 125 Å². The lowest BCUT2D eigenvalue weighted by atomic mass is 10.1. The lowest BCUT2D eigenvalue weighted by molar-refractivity contribution is 0.0914. The largest absolute Gasteiger partial charge is 0.350 e. The van der Waals surface area contributed by atoms with E-state index in [0.29, 0.717) is 12.2 Å². The molecule has 0 aliphatic carbocycles. The van der Waals surface area contributed by atoms with Gasteiger partial charge in [-0.05, 0) is 6.92 Å². The third kappa shape index (κ3) is 3.17. The molecule has 0 aliphatic rings. The van der Waals surface area contributed by atoms with Gasteiger partial charge in [-0.2, -0.15) is 0 Å². The molecule has 0 fully saturated rings. The Balaban J connectivity index is 1.67. The van der Waals surface area contributed by atoms with E-state index in [2.05, 4.69) is 15.5 Å². The fourth-order valence-electron chi connectivity index (χ4n) is 1.87. The van der Waals surface area contributed by atoms with Gasteiger partial charge in [0.05, 0.1) is 11.6 Å². The summed E-state index contributed by atoms with van der Waals surface area (Å²) in [5.74, 6) is -0.0779. The lowest BCUT2D eigenvalue weighted by Crippen LogP contribution is -2.21. The summed E-state index contributed by atoms with van der Waals surface area (Å²) in [6, 6.07) is 11.2. The van der Waals surface area contributed by atoms with E-state index in [1.54, 1.807) is 23.6 Å². The summed E-state index contributed by atoms with van der Waals surface area (Å²) in [7, 11) is 0. The van der Waals surface area contributed by atoms with Crippen LogP contribution < -0.4 is 5.32 Å². The Bertz CT molecular complexity index is 749. The first-order valence-corrected chi connectivity index (χ1v) is 7.25. The summed E-state index contributed by atoms with van der Waals surface area (Å²) >= 11 is 1.55. The monoisotopic (exact) mass is 299 g/mol. The van der Waals surface area contributed by atoms with Gasteiger partial charge in [-0.1, -0.05) is 35.5 Å². The number of hydrogen-bond acceptors (Lipinski definition) is 5. The van der Waals surface area contributed by atoms with Gasteiger partial charge < -0.3 is 9.84 Å². The highest BCUT2D eigenvalue weighted by Gasteiger charge is 2.14. The smallest absolute Gasteiger partial charge is 0.290 e. The molecule has 1 aromatic carbocycles. The second kappa shape index (κ2) is 5.88. The summed E-state index contributed by atoms with van der Waals surface area (Å²) in [6.45, 7) is 2.37. The van der Waals surface area contributed by atoms with Crippen LogP contribution in [0.25, 0.3) is 11.3 Å². The molecule has 0 bridgehead atoms. The maximum Gasteiger partial charge on any atom is 0.290 e. The van der Waals surface area contributed by atoms with Crippen molar-refractivity contribution in [1.29, 1.82) is 0 Å². The minimum Gasteiger partial charge on any atom is -0.350 e. The van der Waals surface area contributed by atoms with Crippen molar-refractivity contribution in [1.82, 2.24) is 15.5 Å². The minimum absolute atomic E-state index is 0.204.